The van der Waals surface area contributed by atoms with E-state index in [1.54, 1.807) is 6.08 Å². The lowest BCUT2D eigenvalue weighted by molar-refractivity contribution is 0.439. The van der Waals surface area contributed by atoms with Gasteiger partial charge in [-0.05, 0) is 0 Å². The second-order valence-electron chi connectivity index (χ2n) is 1.50. The van der Waals surface area contributed by atoms with Gasteiger partial charge in [0.05, 0.1) is 0 Å². The van der Waals surface area contributed by atoms with E-state index in [1.165, 1.54) is 4.31 Å². The summed E-state index contributed by atoms with van der Waals surface area (Å²) in [6.07, 6.45) is 1.59. The molecule has 0 aliphatic heterocycles. The van der Waals surface area contributed by atoms with Gasteiger partial charge >= 0.3 is 0 Å². The van der Waals surface area contributed by atoms with Gasteiger partial charge in [0.2, 0.25) is 11.3 Å². The van der Waals surface area contributed by atoms with Crippen LogP contribution in [0.25, 0.3) is 0 Å². The van der Waals surface area contributed by atoms with Gasteiger partial charge in [-0.15, -0.1) is 6.58 Å². The van der Waals surface area contributed by atoms with Gasteiger partial charge < -0.3 is 0 Å². The minimum atomic E-state index is -1.84. The van der Waals surface area contributed by atoms with E-state index in [2.05, 4.69) is 6.58 Å². The Labute approximate surface area is 57.8 Å². The van der Waals surface area contributed by atoms with Crippen LogP contribution in [0.3, 0.4) is 0 Å². The molecule has 4 heteroatoms. The Morgan fingerprint density at radius 3 is 2.56 bits per heavy atom. The summed E-state index contributed by atoms with van der Waals surface area (Å²) in [6.45, 7) is 6.28. The van der Waals surface area contributed by atoms with Crippen LogP contribution in [-0.4, -0.2) is 26.2 Å². The molecule has 0 radical (unpaired) electrons. The highest BCUT2D eigenvalue weighted by Gasteiger charge is 2.03. The first-order chi connectivity index (χ1) is 4.22. The fourth-order valence-corrected chi connectivity index (χ4v) is 0.901. The Hall–Kier alpha value is -0.190. The van der Waals surface area contributed by atoms with Crippen molar-refractivity contribution in [1.29, 1.82) is 0 Å². The van der Waals surface area contributed by atoms with Gasteiger partial charge in [-0.3, -0.25) is 4.55 Å². The molecule has 0 saturated carbocycles. The topological polar surface area (TPSA) is 40.5 Å². The maximum Gasteiger partial charge on any atom is 0.234 e. The lowest BCUT2D eigenvalue weighted by Gasteiger charge is -2.10. The lowest BCUT2D eigenvalue weighted by atomic mass is 10.6. The monoisotopic (exact) mass is 149 g/mol. The first kappa shape index (κ1) is 8.81. The molecule has 0 aliphatic rings. The number of likely N-dealkylation sites (N-methyl/N-ethyl adjacent to an activating group) is 1. The Morgan fingerprint density at radius 1 is 1.89 bits per heavy atom. The van der Waals surface area contributed by atoms with Crippen molar-refractivity contribution in [2.45, 2.75) is 6.92 Å². The summed E-state index contributed by atoms with van der Waals surface area (Å²) in [5.41, 5.74) is 0. The van der Waals surface area contributed by atoms with E-state index in [1.807, 2.05) is 6.92 Å². The molecule has 0 aromatic carbocycles. The highest BCUT2D eigenvalue weighted by molar-refractivity contribution is 7.76. The number of hydrogen-bond acceptors (Lipinski definition) is 1. The molecule has 0 spiro atoms. The van der Waals surface area contributed by atoms with Gasteiger partial charge in [0.25, 0.3) is 0 Å². The van der Waals surface area contributed by atoms with Crippen molar-refractivity contribution in [2.24, 2.45) is 0 Å². The van der Waals surface area contributed by atoms with E-state index >= 15 is 0 Å². The second kappa shape index (κ2) is 4.67. The molecule has 0 bridgehead atoms. The molecular weight excluding hydrogens is 138 g/mol. The molecule has 1 N–H and O–H groups in total. The second-order valence-corrected chi connectivity index (χ2v) is 2.48. The summed E-state index contributed by atoms with van der Waals surface area (Å²) >= 11 is -1.84. The van der Waals surface area contributed by atoms with Crippen LogP contribution in [-0.2, 0) is 11.3 Å². The molecular formula is C5H11NO2S. The van der Waals surface area contributed by atoms with Crippen molar-refractivity contribution in [3.05, 3.63) is 12.7 Å². The first-order valence-corrected chi connectivity index (χ1v) is 3.75. The van der Waals surface area contributed by atoms with E-state index in [-0.39, 0.29) is 0 Å². The summed E-state index contributed by atoms with van der Waals surface area (Å²) in [7, 11) is 0. The molecule has 0 rings (SSSR count). The minimum absolute atomic E-state index is 0.458. The zero-order valence-electron chi connectivity index (χ0n) is 5.41. The summed E-state index contributed by atoms with van der Waals surface area (Å²) in [6, 6.07) is 0. The number of nitrogens with zero attached hydrogens (tertiary/aromatic N) is 1. The summed E-state index contributed by atoms with van der Waals surface area (Å²) < 4.78 is 20.2. The quantitative estimate of drug-likeness (QED) is 0.470. The van der Waals surface area contributed by atoms with E-state index in [0.29, 0.717) is 13.1 Å². The third-order valence-electron chi connectivity index (χ3n) is 0.906. The van der Waals surface area contributed by atoms with Crippen molar-refractivity contribution < 1.29 is 8.76 Å². The molecule has 0 heterocycles. The lowest BCUT2D eigenvalue weighted by Crippen LogP contribution is -2.24. The molecule has 0 aromatic heterocycles. The fourth-order valence-electron chi connectivity index (χ4n) is 0.447. The normalized spacial score (nSPS) is 13.7. The molecule has 54 valence electrons. The van der Waals surface area contributed by atoms with Gasteiger partial charge in [-0.2, -0.15) is 4.31 Å². The van der Waals surface area contributed by atoms with Crippen molar-refractivity contribution in [1.82, 2.24) is 4.31 Å². The van der Waals surface area contributed by atoms with Crippen LogP contribution in [0.5, 0.6) is 0 Å². The smallest absolute Gasteiger partial charge is 0.234 e. The van der Waals surface area contributed by atoms with Crippen molar-refractivity contribution in [3.8, 4) is 0 Å². The Morgan fingerprint density at radius 2 is 2.44 bits per heavy atom. The van der Waals surface area contributed by atoms with Crippen LogP contribution >= 0.6 is 0 Å². The van der Waals surface area contributed by atoms with Crippen molar-refractivity contribution in [3.63, 3.8) is 0 Å². The van der Waals surface area contributed by atoms with Gasteiger partial charge in [0, 0.05) is 13.1 Å². The fraction of sp³-hybridized carbons (Fsp3) is 0.600. The third-order valence-corrected chi connectivity index (χ3v) is 1.76. The van der Waals surface area contributed by atoms with Crippen LogP contribution in [0.15, 0.2) is 12.7 Å². The third kappa shape index (κ3) is 3.40. The zero-order chi connectivity index (χ0) is 7.28. The molecule has 0 saturated heterocycles. The standard InChI is InChI=1S/C5H11NO2S/c1-3-5-6(4-2)9(7)8/h3H,1,4-5H2,2H3,(H,7,8). The van der Waals surface area contributed by atoms with E-state index in [9.17, 15) is 4.21 Å². The van der Waals surface area contributed by atoms with Crippen LogP contribution < -0.4 is 0 Å². The van der Waals surface area contributed by atoms with Gasteiger partial charge in [-0.1, -0.05) is 13.0 Å². The number of rotatable bonds is 4. The van der Waals surface area contributed by atoms with Gasteiger partial charge in [-0.25, -0.2) is 4.21 Å². The molecule has 1 atom stereocenters. The molecule has 0 aromatic rings. The van der Waals surface area contributed by atoms with Crippen LogP contribution in [0.2, 0.25) is 0 Å². The van der Waals surface area contributed by atoms with Crippen LogP contribution in [0.4, 0.5) is 0 Å². The molecule has 0 amide bonds. The van der Waals surface area contributed by atoms with Crippen LogP contribution in [0, 0.1) is 0 Å². The van der Waals surface area contributed by atoms with Crippen molar-refractivity contribution in [2.75, 3.05) is 13.1 Å². The molecule has 3 nitrogen and oxygen atoms in total. The summed E-state index contributed by atoms with van der Waals surface area (Å²) in [5, 5.41) is 0. The average molecular weight is 149 g/mol. The van der Waals surface area contributed by atoms with Gasteiger partial charge in [0.1, 0.15) is 0 Å². The molecule has 0 aliphatic carbocycles. The van der Waals surface area contributed by atoms with E-state index in [4.69, 9.17) is 4.55 Å². The Balaban J connectivity index is 3.67. The van der Waals surface area contributed by atoms with E-state index < -0.39 is 11.3 Å². The largest absolute Gasteiger partial charge is 0.294 e. The Bertz CT molecular complexity index is 116. The Kier molecular flexibility index (Phi) is 4.57. The summed E-state index contributed by atoms with van der Waals surface area (Å²) in [5.74, 6) is 0. The maximum atomic E-state index is 10.3. The van der Waals surface area contributed by atoms with E-state index in [0.717, 1.165) is 0 Å². The van der Waals surface area contributed by atoms with Crippen LogP contribution in [0.1, 0.15) is 6.92 Å². The van der Waals surface area contributed by atoms with Gasteiger partial charge in [0.15, 0.2) is 0 Å². The number of hydrogen-bond donors (Lipinski definition) is 1. The van der Waals surface area contributed by atoms with Crippen molar-refractivity contribution >= 4 is 11.3 Å². The summed E-state index contributed by atoms with van der Waals surface area (Å²) in [4.78, 5) is 0. The highest BCUT2D eigenvalue weighted by Crippen LogP contribution is 1.89. The average Bonchev–Trinajstić information content (AvgIpc) is 1.82. The highest BCUT2D eigenvalue weighted by atomic mass is 32.2. The zero-order valence-corrected chi connectivity index (χ0v) is 6.23. The SMILES string of the molecule is C=CCN(CC)S(=O)O. The molecule has 0 fully saturated rings. The molecule has 9 heavy (non-hydrogen) atoms. The first-order valence-electron chi connectivity index (χ1n) is 2.69. The molecule has 1 unspecified atom stereocenters. The predicted molar refractivity (Wildman–Crippen MR) is 38.2 cm³/mol. The predicted octanol–water partition coefficient (Wildman–Crippen LogP) is 0.631. The minimum Gasteiger partial charge on any atom is -0.294 e. The maximum absolute atomic E-state index is 10.3.